The van der Waals surface area contributed by atoms with Gasteiger partial charge in [0.2, 0.25) is 5.91 Å². The smallest absolute Gasteiger partial charge is 0.264 e. The van der Waals surface area contributed by atoms with E-state index in [2.05, 4.69) is 22.0 Å². The van der Waals surface area contributed by atoms with Crippen molar-refractivity contribution in [2.75, 3.05) is 26.7 Å². The highest BCUT2D eigenvalue weighted by atomic mass is 79.9. The Morgan fingerprint density at radius 3 is 2.77 bits per heavy atom. The van der Waals surface area contributed by atoms with Gasteiger partial charge in [0.05, 0.1) is 21.8 Å². The van der Waals surface area contributed by atoms with Crippen LogP contribution in [0.1, 0.15) is 27.7 Å². The molecule has 7 heteroatoms. The van der Waals surface area contributed by atoms with Crippen LogP contribution in [0.4, 0.5) is 0 Å². The molecule has 2 aromatic rings. The van der Waals surface area contributed by atoms with E-state index >= 15 is 0 Å². The van der Waals surface area contributed by atoms with Crippen LogP contribution in [-0.2, 0) is 17.8 Å². The van der Waals surface area contributed by atoms with Crippen molar-refractivity contribution in [3.8, 4) is 5.75 Å². The van der Waals surface area contributed by atoms with Crippen molar-refractivity contribution in [3.05, 3.63) is 50.1 Å². The van der Waals surface area contributed by atoms with Gasteiger partial charge in [-0.25, -0.2) is 0 Å². The Kier molecular flexibility index (Phi) is 5.98. The zero-order valence-electron chi connectivity index (χ0n) is 14.8. The average molecular weight is 437 g/mol. The normalized spacial score (nSPS) is 13.3. The molecule has 0 bridgehead atoms. The molecule has 0 saturated heterocycles. The highest BCUT2D eigenvalue weighted by molar-refractivity contribution is 9.11. The molecule has 0 fully saturated rings. The molecular formula is C19H21BrN2O3S. The van der Waals surface area contributed by atoms with Crippen molar-refractivity contribution < 1.29 is 14.3 Å². The molecule has 1 aliphatic rings. The maximum atomic E-state index is 12.7. The summed E-state index contributed by atoms with van der Waals surface area (Å²) in [7, 11) is 1.67. The first-order chi connectivity index (χ1) is 12.5. The number of halogens is 1. The van der Waals surface area contributed by atoms with Crippen LogP contribution in [-0.4, -0.2) is 48.4 Å². The summed E-state index contributed by atoms with van der Waals surface area (Å²) < 4.78 is 6.46. The summed E-state index contributed by atoms with van der Waals surface area (Å²) in [5.41, 5.74) is 2.37. The van der Waals surface area contributed by atoms with Gasteiger partial charge in [0.25, 0.3) is 5.91 Å². The third-order valence-electron chi connectivity index (χ3n) is 4.36. The summed E-state index contributed by atoms with van der Waals surface area (Å²) in [6, 6.07) is 9.67. The number of benzene rings is 1. The van der Waals surface area contributed by atoms with Crippen molar-refractivity contribution in [2.45, 2.75) is 19.9 Å². The molecule has 2 heterocycles. The molecule has 1 aromatic carbocycles. The summed E-state index contributed by atoms with van der Waals surface area (Å²) in [6.07, 6.45) is 0.822. The molecule has 0 spiro atoms. The molecule has 5 nitrogen and oxygen atoms in total. The number of hydrogen-bond donors (Lipinski definition) is 0. The zero-order chi connectivity index (χ0) is 18.7. The van der Waals surface area contributed by atoms with Crippen molar-refractivity contribution in [2.24, 2.45) is 0 Å². The standard InChI is InChI=1S/C19H21BrN2O3S/c1-3-25-15-5-4-13-8-9-22(11-14(13)10-15)18(23)12-21(2)19(24)16-6-7-17(20)26-16/h4-7,10H,3,8-9,11-12H2,1-2H3. The van der Waals surface area contributed by atoms with E-state index in [-0.39, 0.29) is 18.4 Å². The first-order valence-electron chi connectivity index (χ1n) is 8.51. The number of fused-ring (bicyclic) bond motifs is 1. The van der Waals surface area contributed by atoms with Gasteiger partial charge in [-0.05, 0) is 64.7 Å². The summed E-state index contributed by atoms with van der Waals surface area (Å²) >= 11 is 4.73. The summed E-state index contributed by atoms with van der Waals surface area (Å²) in [5.74, 6) is 0.658. The van der Waals surface area contributed by atoms with Crippen LogP contribution in [0.5, 0.6) is 5.75 Å². The van der Waals surface area contributed by atoms with E-state index in [1.807, 2.05) is 30.0 Å². The molecule has 0 radical (unpaired) electrons. The number of likely N-dealkylation sites (N-methyl/N-ethyl adjacent to an activating group) is 1. The van der Waals surface area contributed by atoms with E-state index < -0.39 is 0 Å². The van der Waals surface area contributed by atoms with E-state index in [0.717, 1.165) is 21.5 Å². The van der Waals surface area contributed by atoms with E-state index in [4.69, 9.17) is 4.74 Å². The molecule has 1 aromatic heterocycles. The van der Waals surface area contributed by atoms with Crippen LogP contribution in [0, 0.1) is 0 Å². The second-order valence-corrected chi connectivity index (χ2v) is 8.66. The quantitative estimate of drug-likeness (QED) is 0.719. The minimum absolute atomic E-state index is 0.0380. The van der Waals surface area contributed by atoms with Crippen LogP contribution >= 0.6 is 27.3 Å². The summed E-state index contributed by atoms with van der Waals surface area (Å²) in [5, 5.41) is 0. The van der Waals surface area contributed by atoms with Crippen LogP contribution in [0.15, 0.2) is 34.1 Å². The zero-order valence-corrected chi connectivity index (χ0v) is 17.2. The van der Waals surface area contributed by atoms with Crippen LogP contribution in [0.25, 0.3) is 0 Å². The van der Waals surface area contributed by atoms with Crippen molar-refractivity contribution in [3.63, 3.8) is 0 Å². The number of thiophene rings is 1. The number of hydrogen-bond acceptors (Lipinski definition) is 4. The van der Waals surface area contributed by atoms with Crippen molar-refractivity contribution >= 4 is 39.1 Å². The minimum Gasteiger partial charge on any atom is -0.494 e. The number of carbonyl (C=O) groups is 2. The molecule has 0 unspecified atom stereocenters. The SMILES string of the molecule is CCOc1ccc2c(c1)CN(C(=O)CN(C)C(=O)c1ccc(Br)s1)CC2. The van der Waals surface area contributed by atoms with Crippen LogP contribution in [0.2, 0.25) is 0 Å². The molecule has 3 rings (SSSR count). The fraction of sp³-hybridized carbons (Fsp3) is 0.368. The van der Waals surface area contributed by atoms with Crippen molar-refractivity contribution in [1.29, 1.82) is 0 Å². The molecule has 138 valence electrons. The van der Waals surface area contributed by atoms with Gasteiger partial charge >= 0.3 is 0 Å². The first kappa shape index (κ1) is 18.9. The fourth-order valence-electron chi connectivity index (χ4n) is 2.99. The lowest BCUT2D eigenvalue weighted by Gasteiger charge is -2.30. The van der Waals surface area contributed by atoms with Crippen LogP contribution < -0.4 is 4.74 Å². The molecule has 0 atom stereocenters. The van der Waals surface area contributed by atoms with Crippen LogP contribution in [0.3, 0.4) is 0 Å². The number of carbonyl (C=O) groups excluding carboxylic acids is 2. The van der Waals surface area contributed by atoms with Gasteiger partial charge in [-0.2, -0.15) is 0 Å². The lowest BCUT2D eigenvalue weighted by molar-refractivity contribution is -0.132. The third-order valence-corrected chi connectivity index (χ3v) is 5.97. The lowest BCUT2D eigenvalue weighted by Crippen LogP contribution is -2.43. The van der Waals surface area contributed by atoms with E-state index in [1.54, 1.807) is 13.1 Å². The Balaban J connectivity index is 1.63. The molecule has 1 aliphatic heterocycles. The van der Waals surface area contributed by atoms with Crippen molar-refractivity contribution in [1.82, 2.24) is 9.80 Å². The predicted octanol–water partition coefficient (Wildman–Crippen LogP) is 3.57. The molecule has 0 N–H and O–H groups in total. The van der Waals surface area contributed by atoms with Gasteiger partial charge in [0.15, 0.2) is 0 Å². The number of nitrogens with zero attached hydrogens (tertiary/aromatic N) is 2. The first-order valence-corrected chi connectivity index (χ1v) is 10.1. The summed E-state index contributed by atoms with van der Waals surface area (Å²) in [6.45, 7) is 3.88. The Bertz CT molecular complexity index is 821. The molecule has 0 aliphatic carbocycles. The Morgan fingerprint density at radius 1 is 1.27 bits per heavy atom. The number of amides is 2. The highest BCUT2D eigenvalue weighted by Crippen LogP contribution is 2.25. The van der Waals surface area contributed by atoms with E-state index in [9.17, 15) is 9.59 Å². The average Bonchev–Trinajstić information content (AvgIpc) is 3.07. The number of rotatable bonds is 5. The largest absolute Gasteiger partial charge is 0.494 e. The second-order valence-electron chi connectivity index (χ2n) is 6.19. The topological polar surface area (TPSA) is 49.9 Å². The minimum atomic E-state index is -0.134. The summed E-state index contributed by atoms with van der Waals surface area (Å²) in [4.78, 5) is 29.0. The maximum Gasteiger partial charge on any atom is 0.264 e. The fourth-order valence-corrected chi connectivity index (χ4v) is 4.38. The van der Waals surface area contributed by atoms with E-state index in [0.29, 0.717) is 24.6 Å². The molecule has 0 saturated carbocycles. The highest BCUT2D eigenvalue weighted by Gasteiger charge is 2.24. The second kappa shape index (κ2) is 8.22. The third kappa shape index (κ3) is 4.27. The van der Waals surface area contributed by atoms with Gasteiger partial charge in [-0.15, -0.1) is 11.3 Å². The predicted molar refractivity (Wildman–Crippen MR) is 106 cm³/mol. The van der Waals surface area contributed by atoms with Gasteiger partial charge in [0.1, 0.15) is 5.75 Å². The lowest BCUT2D eigenvalue weighted by atomic mass is 9.99. The molecular weight excluding hydrogens is 416 g/mol. The maximum absolute atomic E-state index is 12.7. The van der Waals surface area contributed by atoms with Gasteiger partial charge < -0.3 is 14.5 Å². The Hall–Kier alpha value is -1.86. The number of ether oxygens (including phenoxy) is 1. The monoisotopic (exact) mass is 436 g/mol. The van der Waals surface area contributed by atoms with Gasteiger partial charge in [-0.3, -0.25) is 9.59 Å². The Morgan fingerprint density at radius 2 is 2.08 bits per heavy atom. The van der Waals surface area contributed by atoms with E-state index in [1.165, 1.54) is 21.8 Å². The van der Waals surface area contributed by atoms with Gasteiger partial charge in [-0.1, -0.05) is 6.07 Å². The molecule has 2 amide bonds. The van der Waals surface area contributed by atoms with Gasteiger partial charge in [0, 0.05) is 20.1 Å². The molecule has 26 heavy (non-hydrogen) atoms. The Labute approximate surface area is 165 Å².